The fraction of sp³-hybridized carbons (Fsp3) is 0.647. The van der Waals surface area contributed by atoms with E-state index in [0.29, 0.717) is 18.0 Å². The Kier molecular flexibility index (Phi) is 3.97. The summed E-state index contributed by atoms with van der Waals surface area (Å²) in [6.07, 6.45) is 4.01. The van der Waals surface area contributed by atoms with Gasteiger partial charge in [0.2, 0.25) is 0 Å². The molecule has 0 amide bonds. The van der Waals surface area contributed by atoms with E-state index in [1.54, 1.807) is 12.1 Å². The van der Waals surface area contributed by atoms with Gasteiger partial charge in [0.05, 0.1) is 0 Å². The first kappa shape index (κ1) is 13.9. The maximum absolute atomic E-state index is 13.2. The Bertz CT molecular complexity index is 443. The SMILES string of the molecule is CC(C)C1CN2CCCCC2CN1c1ccc(F)cc1. The van der Waals surface area contributed by atoms with Crippen LogP contribution in [0.5, 0.6) is 0 Å². The average Bonchev–Trinajstić information content (AvgIpc) is 2.46. The summed E-state index contributed by atoms with van der Waals surface area (Å²) in [6, 6.07) is 8.25. The first-order valence-corrected chi connectivity index (χ1v) is 7.91. The lowest BCUT2D eigenvalue weighted by Gasteiger charge is -2.50. The topological polar surface area (TPSA) is 6.48 Å². The number of hydrogen-bond acceptors (Lipinski definition) is 2. The predicted molar refractivity (Wildman–Crippen MR) is 81.6 cm³/mol. The Morgan fingerprint density at radius 1 is 1.10 bits per heavy atom. The Morgan fingerprint density at radius 2 is 1.85 bits per heavy atom. The van der Waals surface area contributed by atoms with Crippen molar-refractivity contribution in [2.24, 2.45) is 5.92 Å². The lowest BCUT2D eigenvalue weighted by molar-refractivity contribution is 0.100. The van der Waals surface area contributed by atoms with Gasteiger partial charge in [-0.25, -0.2) is 4.39 Å². The second kappa shape index (κ2) is 5.72. The third kappa shape index (κ3) is 2.69. The monoisotopic (exact) mass is 276 g/mol. The molecule has 0 N–H and O–H groups in total. The van der Waals surface area contributed by atoms with Crippen molar-refractivity contribution >= 4 is 5.69 Å². The zero-order valence-corrected chi connectivity index (χ0v) is 12.6. The molecule has 1 aromatic carbocycles. The normalized spacial score (nSPS) is 27.7. The Morgan fingerprint density at radius 3 is 2.55 bits per heavy atom. The molecule has 2 nitrogen and oxygen atoms in total. The van der Waals surface area contributed by atoms with Crippen molar-refractivity contribution in [2.45, 2.75) is 45.2 Å². The van der Waals surface area contributed by atoms with Crippen LogP contribution in [-0.4, -0.2) is 36.6 Å². The van der Waals surface area contributed by atoms with Gasteiger partial charge in [-0.1, -0.05) is 20.3 Å². The first-order valence-electron chi connectivity index (χ1n) is 7.91. The van der Waals surface area contributed by atoms with Crippen LogP contribution in [0.25, 0.3) is 0 Å². The lowest BCUT2D eigenvalue weighted by Crippen LogP contribution is -2.61. The highest BCUT2D eigenvalue weighted by Crippen LogP contribution is 2.30. The lowest BCUT2D eigenvalue weighted by atomic mass is 9.91. The smallest absolute Gasteiger partial charge is 0.123 e. The van der Waals surface area contributed by atoms with E-state index in [1.807, 2.05) is 12.1 Å². The molecule has 0 saturated carbocycles. The zero-order valence-electron chi connectivity index (χ0n) is 12.6. The number of rotatable bonds is 2. The van der Waals surface area contributed by atoms with Crippen LogP contribution in [0.4, 0.5) is 10.1 Å². The minimum atomic E-state index is -0.147. The summed E-state index contributed by atoms with van der Waals surface area (Å²) < 4.78 is 13.2. The van der Waals surface area contributed by atoms with Crippen molar-refractivity contribution < 1.29 is 4.39 Å². The van der Waals surface area contributed by atoms with Crippen LogP contribution >= 0.6 is 0 Å². The van der Waals surface area contributed by atoms with Gasteiger partial charge in [-0.15, -0.1) is 0 Å². The first-order chi connectivity index (χ1) is 9.65. The van der Waals surface area contributed by atoms with Crippen molar-refractivity contribution in [3.63, 3.8) is 0 Å². The van der Waals surface area contributed by atoms with E-state index < -0.39 is 0 Å². The Balaban J connectivity index is 1.84. The minimum Gasteiger partial charge on any atom is -0.365 e. The average molecular weight is 276 g/mol. The summed E-state index contributed by atoms with van der Waals surface area (Å²) in [4.78, 5) is 5.19. The highest BCUT2D eigenvalue weighted by Gasteiger charge is 2.36. The van der Waals surface area contributed by atoms with Crippen molar-refractivity contribution in [3.05, 3.63) is 30.1 Å². The molecule has 20 heavy (non-hydrogen) atoms. The predicted octanol–water partition coefficient (Wildman–Crippen LogP) is 3.52. The number of piperazine rings is 1. The van der Waals surface area contributed by atoms with Crippen LogP contribution in [0.1, 0.15) is 33.1 Å². The highest BCUT2D eigenvalue weighted by atomic mass is 19.1. The molecule has 2 saturated heterocycles. The second-order valence-electron chi connectivity index (χ2n) is 6.58. The maximum Gasteiger partial charge on any atom is 0.123 e. The molecule has 0 radical (unpaired) electrons. The molecule has 2 atom stereocenters. The molecule has 3 heteroatoms. The van der Waals surface area contributed by atoms with Gasteiger partial charge in [0.15, 0.2) is 0 Å². The van der Waals surface area contributed by atoms with E-state index in [9.17, 15) is 4.39 Å². The Hall–Kier alpha value is -1.09. The number of fused-ring (bicyclic) bond motifs is 1. The maximum atomic E-state index is 13.2. The van der Waals surface area contributed by atoms with Gasteiger partial charge in [0.25, 0.3) is 0 Å². The molecule has 0 aliphatic carbocycles. The number of anilines is 1. The van der Waals surface area contributed by atoms with Gasteiger partial charge < -0.3 is 4.90 Å². The number of hydrogen-bond donors (Lipinski definition) is 0. The van der Waals surface area contributed by atoms with Gasteiger partial charge in [-0.3, -0.25) is 4.90 Å². The number of halogens is 1. The van der Waals surface area contributed by atoms with Gasteiger partial charge in [-0.05, 0) is 49.6 Å². The minimum absolute atomic E-state index is 0.147. The summed E-state index contributed by atoms with van der Waals surface area (Å²) in [5.74, 6) is 0.467. The van der Waals surface area contributed by atoms with Gasteiger partial charge >= 0.3 is 0 Å². The number of nitrogens with zero attached hydrogens (tertiary/aromatic N) is 2. The second-order valence-corrected chi connectivity index (χ2v) is 6.58. The third-order valence-electron chi connectivity index (χ3n) is 4.91. The molecule has 0 bridgehead atoms. The Labute approximate surface area is 121 Å². The fourth-order valence-electron chi connectivity index (χ4n) is 3.71. The molecule has 1 aromatic rings. The molecular formula is C17H25FN2. The summed E-state index contributed by atoms with van der Waals surface area (Å²) in [6.45, 7) is 8.09. The van der Waals surface area contributed by atoms with E-state index in [0.717, 1.165) is 13.1 Å². The number of benzene rings is 1. The molecule has 2 fully saturated rings. The van der Waals surface area contributed by atoms with Crippen LogP contribution in [0.15, 0.2) is 24.3 Å². The largest absolute Gasteiger partial charge is 0.365 e. The van der Waals surface area contributed by atoms with E-state index in [4.69, 9.17) is 0 Å². The summed E-state index contributed by atoms with van der Waals surface area (Å²) in [5, 5.41) is 0. The van der Waals surface area contributed by atoms with E-state index in [2.05, 4.69) is 23.6 Å². The zero-order chi connectivity index (χ0) is 14.1. The highest BCUT2D eigenvalue weighted by molar-refractivity contribution is 5.48. The van der Waals surface area contributed by atoms with Gasteiger partial charge in [0.1, 0.15) is 5.82 Å². The van der Waals surface area contributed by atoms with Crippen LogP contribution < -0.4 is 4.90 Å². The van der Waals surface area contributed by atoms with Gasteiger partial charge in [0, 0.05) is 30.9 Å². The molecule has 110 valence electrons. The van der Waals surface area contributed by atoms with Crippen molar-refractivity contribution in [3.8, 4) is 0 Å². The van der Waals surface area contributed by atoms with E-state index in [1.165, 1.54) is 31.5 Å². The molecule has 2 aliphatic heterocycles. The van der Waals surface area contributed by atoms with Crippen molar-refractivity contribution in [1.82, 2.24) is 4.90 Å². The van der Waals surface area contributed by atoms with E-state index in [-0.39, 0.29) is 5.82 Å². The molecule has 2 aliphatic rings. The summed E-state index contributed by atoms with van der Waals surface area (Å²) in [5.41, 5.74) is 1.18. The van der Waals surface area contributed by atoms with Gasteiger partial charge in [-0.2, -0.15) is 0 Å². The molecule has 2 unspecified atom stereocenters. The molecule has 2 heterocycles. The summed E-state index contributed by atoms with van der Waals surface area (Å²) >= 11 is 0. The molecule has 3 rings (SSSR count). The molecular weight excluding hydrogens is 251 g/mol. The summed E-state index contributed by atoms with van der Waals surface area (Å²) in [7, 11) is 0. The van der Waals surface area contributed by atoms with Crippen LogP contribution in [-0.2, 0) is 0 Å². The van der Waals surface area contributed by atoms with Crippen LogP contribution in [0.3, 0.4) is 0 Å². The van der Waals surface area contributed by atoms with Crippen molar-refractivity contribution in [2.75, 3.05) is 24.5 Å². The molecule has 0 spiro atoms. The standard InChI is InChI=1S/C17H25FN2/c1-13(2)17-12-19-10-4-3-5-16(19)11-20(17)15-8-6-14(18)7-9-15/h6-9,13,16-17H,3-5,10-12H2,1-2H3. The van der Waals surface area contributed by atoms with Crippen LogP contribution in [0.2, 0.25) is 0 Å². The third-order valence-corrected chi connectivity index (χ3v) is 4.91. The molecule has 0 aromatic heterocycles. The van der Waals surface area contributed by atoms with E-state index >= 15 is 0 Å². The van der Waals surface area contributed by atoms with Crippen molar-refractivity contribution in [1.29, 1.82) is 0 Å². The fourth-order valence-corrected chi connectivity index (χ4v) is 3.71. The van der Waals surface area contributed by atoms with Crippen LogP contribution in [0, 0.1) is 11.7 Å². The quantitative estimate of drug-likeness (QED) is 0.815. The number of piperidine rings is 1.